The van der Waals surface area contributed by atoms with Gasteiger partial charge in [0.25, 0.3) is 5.91 Å². The lowest BCUT2D eigenvalue weighted by atomic mass is 10.1. The normalized spacial score (nSPS) is 19.0. The van der Waals surface area contributed by atoms with Gasteiger partial charge in [-0.1, -0.05) is 24.6 Å². The fraction of sp³-hybridized carbons (Fsp3) is 0.417. The molecular weight excluding hydrogens is 256 g/mol. The molecule has 0 bridgehead atoms. The van der Waals surface area contributed by atoms with Crippen molar-refractivity contribution in [3.05, 3.63) is 38.9 Å². The van der Waals surface area contributed by atoms with Crippen molar-refractivity contribution in [1.82, 2.24) is 4.90 Å². The first-order valence-corrected chi connectivity index (χ1v) is 6.10. The maximum atomic E-state index is 12.2. The van der Waals surface area contributed by atoms with Crippen molar-refractivity contribution in [1.29, 1.82) is 0 Å². The molecular formula is C12H13ClN2O3. The number of nitro benzene ring substituents is 1. The molecule has 1 aliphatic heterocycles. The molecule has 0 saturated carbocycles. The van der Waals surface area contributed by atoms with Crippen LogP contribution in [0.2, 0.25) is 5.02 Å². The van der Waals surface area contributed by atoms with E-state index in [1.165, 1.54) is 12.1 Å². The molecule has 18 heavy (non-hydrogen) atoms. The van der Waals surface area contributed by atoms with Crippen LogP contribution in [0.4, 0.5) is 5.69 Å². The Morgan fingerprint density at radius 1 is 1.56 bits per heavy atom. The molecule has 6 heteroatoms. The van der Waals surface area contributed by atoms with Crippen LogP contribution >= 0.6 is 11.6 Å². The van der Waals surface area contributed by atoms with E-state index in [1.807, 2.05) is 0 Å². The second kappa shape index (κ2) is 4.94. The average Bonchev–Trinajstić information content (AvgIpc) is 2.74. The third-order valence-electron chi connectivity index (χ3n) is 3.11. The summed E-state index contributed by atoms with van der Waals surface area (Å²) in [5.41, 5.74) is -0.231. The lowest BCUT2D eigenvalue weighted by Gasteiger charge is -2.16. The standard InChI is InChI=1S/C12H13ClN2O3/c1-8-5-6-14(7-8)12(16)9-3-2-4-10(13)11(9)15(17)18/h2-4,8H,5-7H2,1H3. The van der Waals surface area contributed by atoms with E-state index >= 15 is 0 Å². The van der Waals surface area contributed by atoms with Gasteiger partial charge in [0.2, 0.25) is 0 Å². The first-order valence-electron chi connectivity index (χ1n) is 5.73. The van der Waals surface area contributed by atoms with Gasteiger partial charge in [-0.3, -0.25) is 14.9 Å². The highest BCUT2D eigenvalue weighted by Gasteiger charge is 2.30. The second-order valence-electron chi connectivity index (χ2n) is 4.54. The summed E-state index contributed by atoms with van der Waals surface area (Å²) in [6.07, 6.45) is 0.931. The van der Waals surface area contributed by atoms with Crippen LogP contribution in [-0.2, 0) is 0 Å². The first kappa shape index (κ1) is 12.8. The van der Waals surface area contributed by atoms with Crippen molar-refractivity contribution in [3.8, 4) is 0 Å². The van der Waals surface area contributed by atoms with Gasteiger partial charge in [-0.2, -0.15) is 0 Å². The SMILES string of the molecule is CC1CCN(C(=O)c2cccc(Cl)c2[N+](=O)[O-])C1. The Hall–Kier alpha value is -1.62. The molecule has 1 aromatic carbocycles. The van der Waals surface area contributed by atoms with Crippen molar-refractivity contribution in [2.24, 2.45) is 5.92 Å². The smallest absolute Gasteiger partial charge is 0.300 e. The third-order valence-corrected chi connectivity index (χ3v) is 3.42. The zero-order valence-electron chi connectivity index (χ0n) is 9.93. The van der Waals surface area contributed by atoms with E-state index in [4.69, 9.17) is 11.6 Å². The molecule has 1 amide bonds. The Bertz CT molecular complexity index is 504. The lowest BCUT2D eigenvalue weighted by Crippen LogP contribution is -2.29. The molecule has 0 aliphatic carbocycles. The van der Waals surface area contributed by atoms with Crippen LogP contribution in [0.1, 0.15) is 23.7 Å². The van der Waals surface area contributed by atoms with Crippen LogP contribution in [0.3, 0.4) is 0 Å². The van der Waals surface area contributed by atoms with Gasteiger partial charge in [-0.05, 0) is 24.5 Å². The number of carbonyl (C=O) groups is 1. The lowest BCUT2D eigenvalue weighted by molar-refractivity contribution is -0.385. The Balaban J connectivity index is 2.36. The van der Waals surface area contributed by atoms with Crippen LogP contribution in [0, 0.1) is 16.0 Å². The molecule has 0 spiro atoms. The van der Waals surface area contributed by atoms with Gasteiger partial charge in [-0.25, -0.2) is 0 Å². The monoisotopic (exact) mass is 268 g/mol. The number of benzene rings is 1. The molecule has 1 atom stereocenters. The molecule has 96 valence electrons. The summed E-state index contributed by atoms with van der Waals surface area (Å²) in [7, 11) is 0. The van der Waals surface area contributed by atoms with Gasteiger partial charge in [0.1, 0.15) is 10.6 Å². The molecule has 1 aromatic rings. The van der Waals surface area contributed by atoms with Crippen molar-refractivity contribution in [3.63, 3.8) is 0 Å². The highest BCUT2D eigenvalue weighted by atomic mass is 35.5. The number of nitro groups is 1. The summed E-state index contributed by atoms with van der Waals surface area (Å²) in [6.45, 7) is 3.34. The molecule has 1 unspecified atom stereocenters. The molecule has 0 N–H and O–H groups in total. The van der Waals surface area contributed by atoms with E-state index in [0.717, 1.165) is 6.42 Å². The number of para-hydroxylation sites is 1. The van der Waals surface area contributed by atoms with Crippen LogP contribution < -0.4 is 0 Å². The number of carbonyl (C=O) groups excluding carboxylic acids is 1. The van der Waals surface area contributed by atoms with Gasteiger partial charge in [0, 0.05) is 13.1 Å². The molecule has 1 saturated heterocycles. The summed E-state index contributed by atoms with van der Waals surface area (Å²) in [6, 6.07) is 4.43. The fourth-order valence-corrected chi connectivity index (χ4v) is 2.41. The van der Waals surface area contributed by atoms with E-state index in [1.54, 1.807) is 11.0 Å². The van der Waals surface area contributed by atoms with E-state index in [9.17, 15) is 14.9 Å². The zero-order valence-corrected chi connectivity index (χ0v) is 10.7. The van der Waals surface area contributed by atoms with Gasteiger partial charge >= 0.3 is 5.69 Å². The summed E-state index contributed by atoms with van der Waals surface area (Å²) in [5, 5.41) is 11.0. The molecule has 1 aliphatic rings. The maximum Gasteiger partial charge on any atom is 0.300 e. The van der Waals surface area contributed by atoms with Gasteiger partial charge in [0.05, 0.1) is 4.92 Å². The minimum atomic E-state index is -0.602. The minimum absolute atomic E-state index is 0.00176. The highest BCUT2D eigenvalue weighted by Crippen LogP contribution is 2.30. The fourth-order valence-electron chi connectivity index (χ4n) is 2.16. The molecule has 1 fully saturated rings. The topological polar surface area (TPSA) is 63.5 Å². The van der Waals surface area contributed by atoms with Gasteiger partial charge in [0.15, 0.2) is 0 Å². The predicted molar refractivity (Wildman–Crippen MR) is 67.8 cm³/mol. The van der Waals surface area contributed by atoms with Crippen LogP contribution in [0.25, 0.3) is 0 Å². The zero-order chi connectivity index (χ0) is 13.3. The van der Waals surface area contributed by atoms with Crippen molar-refractivity contribution in [2.75, 3.05) is 13.1 Å². The largest absolute Gasteiger partial charge is 0.338 e. The van der Waals surface area contributed by atoms with Crippen molar-refractivity contribution < 1.29 is 9.72 Å². The summed E-state index contributed by atoms with van der Waals surface area (Å²) < 4.78 is 0. The average molecular weight is 269 g/mol. The number of hydrogen-bond donors (Lipinski definition) is 0. The predicted octanol–water partition coefficient (Wildman–Crippen LogP) is 2.73. The Morgan fingerprint density at radius 3 is 2.83 bits per heavy atom. The van der Waals surface area contributed by atoms with Gasteiger partial charge < -0.3 is 4.90 Å². The molecule has 0 aromatic heterocycles. The summed E-state index contributed by atoms with van der Waals surface area (Å²) >= 11 is 5.79. The van der Waals surface area contributed by atoms with E-state index in [-0.39, 0.29) is 22.2 Å². The summed E-state index contributed by atoms with van der Waals surface area (Å²) in [4.78, 5) is 24.2. The molecule has 5 nitrogen and oxygen atoms in total. The van der Waals surface area contributed by atoms with E-state index < -0.39 is 4.92 Å². The maximum absolute atomic E-state index is 12.2. The van der Waals surface area contributed by atoms with Crippen molar-refractivity contribution >= 4 is 23.2 Å². The molecule has 0 radical (unpaired) electrons. The van der Waals surface area contributed by atoms with Crippen LogP contribution in [-0.4, -0.2) is 28.8 Å². The van der Waals surface area contributed by atoms with Crippen LogP contribution in [0.5, 0.6) is 0 Å². The van der Waals surface area contributed by atoms with E-state index in [0.29, 0.717) is 19.0 Å². The third kappa shape index (κ3) is 2.31. The number of likely N-dealkylation sites (tertiary alicyclic amines) is 1. The number of halogens is 1. The van der Waals surface area contributed by atoms with Crippen molar-refractivity contribution in [2.45, 2.75) is 13.3 Å². The second-order valence-corrected chi connectivity index (χ2v) is 4.95. The number of hydrogen-bond acceptors (Lipinski definition) is 3. The summed E-state index contributed by atoms with van der Waals surface area (Å²) in [5.74, 6) is 0.126. The van der Waals surface area contributed by atoms with Crippen LogP contribution in [0.15, 0.2) is 18.2 Å². The highest BCUT2D eigenvalue weighted by molar-refractivity contribution is 6.33. The Morgan fingerprint density at radius 2 is 2.28 bits per heavy atom. The number of amides is 1. The quantitative estimate of drug-likeness (QED) is 0.612. The number of rotatable bonds is 2. The van der Waals surface area contributed by atoms with E-state index in [2.05, 4.69) is 6.92 Å². The Kier molecular flexibility index (Phi) is 3.52. The Labute approximate surface area is 109 Å². The molecule has 1 heterocycles. The molecule has 2 rings (SSSR count). The minimum Gasteiger partial charge on any atom is -0.338 e. The van der Waals surface area contributed by atoms with Gasteiger partial charge in [-0.15, -0.1) is 0 Å². The first-order chi connectivity index (χ1) is 8.50. The number of nitrogens with zero attached hydrogens (tertiary/aromatic N) is 2.